The van der Waals surface area contributed by atoms with Crippen LogP contribution in [0.3, 0.4) is 0 Å². The largest absolute Gasteiger partial charge is 0.324 e. The van der Waals surface area contributed by atoms with Gasteiger partial charge in [-0.15, -0.1) is 0 Å². The van der Waals surface area contributed by atoms with E-state index in [9.17, 15) is 4.39 Å². The SMILES string of the molecule is NC(Cc1cc(F)ccc1Cl)c1ccc2ccccc2c1. The molecule has 0 aromatic heterocycles. The van der Waals surface area contributed by atoms with Crippen molar-refractivity contribution in [1.29, 1.82) is 0 Å². The lowest BCUT2D eigenvalue weighted by molar-refractivity contribution is 0.622. The summed E-state index contributed by atoms with van der Waals surface area (Å²) in [4.78, 5) is 0. The van der Waals surface area contributed by atoms with Crippen LogP contribution in [0.1, 0.15) is 17.2 Å². The van der Waals surface area contributed by atoms with Crippen LogP contribution >= 0.6 is 11.6 Å². The van der Waals surface area contributed by atoms with Crippen molar-refractivity contribution in [3.8, 4) is 0 Å². The number of rotatable bonds is 3. The van der Waals surface area contributed by atoms with Gasteiger partial charge in [-0.25, -0.2) is 4.39 Å². The first-order valence-electron chi connectivity index (χ1n) is 6.82. The third-order valence-electron chi connectivity index (χ3n) is 3.65. The van der Waals surface area contributed by atoms with Gasteiger partial charge in [-0.3, -0.25) is 0 Å². The lowest BCUT2D eigenvalue weighted by atomic mass is 9.97. The Hall–Kier alpha value is -1.90. The summed E-state index contributed by atoms with van der Waals surface area (Å²) in [5.41, 5.74) is 8.01. The first-order chi connectivity index (χ1) is 10.1. The molecule has 3 rings (SSSR count). The number of nitrogens with two attached hydrogens (primary N) is 1. The van der Waals surface area contributed by atoms with Crippen molar-refractivity contribution in [3.63, 3.8) is 0 Å². The minimum absolute atomic E-state index is 0.214. The molecule has 0 aliphatic heterocycles. The van der Waals surface area contributed by atoms with Gasteiger partial charge in [0, 0.05) is 11.1 Å². The molecule has 0 bridgehead atoms. The maximum absolute atomic E-state index is 13.3. The molecular formula is C18H15ClFN. The zero-order valence-electron chi connectivity index (χ0n) is 11.4. The topological polar surface area (TPSA) is 26.0 Å². The fourth-order valence-corrected chi connectivity index (χ4v) is 2.69. The monoisotopic (exact) mass is 299 g/mol. The lowest BCUT2D eigenvalue weighted by Gasteiger charge is -2.14. The molecule has 106 valence electrons. The molecule has 3 aromatic rings. The van der Waals surface area contributed by atoms with Crippen molar-refractivity contribution in [2.24, 2.45) is 5.73 Å². The van der Waals surface area contributed by atoms with Crippen LogP contribution in [-0.4, -0.2) is 0 Å². The summed E-state index contributed by atoms with van der Waals surface area (Å²) in [6, 6.07) is 18.4. The zero-order valence-corrected chi connectivity index (χ0v) is 12.1. The summed E-state index contributed by atoms with van der Waals surface area (Å²) in [6.45, 7) is 0. The van der Waals surface area contributed by atoms with Gasteiger partial charge in [0.2, 0.25) is 0 Å². The Morgan fingerprint density at radius 1 is 0.952 bits per heavy atom. The van der Waals surface area contributed by atoms with Crippen LogP contribution in [0.2, 0.25) is 5.02 Å². The maximum atomic E-state index is 13.3. The van der Waals surface area contributed by atoms with Crippen LogP contribution in [0.4, 0.5) is 4.39 Å². The molecule has 0 saturated heterocycles. The minimum atomic E-state index is -0.292. The molecule has 21 heavy (non-hydrogen) atoms. The number of benzene rings is 3. The molecule has 3 heteroatoms. The van der Waals surface area contributed by atoms with Crippen molar-refractivity contribution in [2.45, 2.75) is 12.5 Å². The normalized spacial score (nSPS) is 12.5. The fraction of sp³-hybridized carbons (Fsp3) is 0.111. The molecule has 0 spiro atoms. The van der Waals surface area contributed by atoms with E-state index in [2.05, 4.69) is 24.3 Å². The first kappa shape index (κ1) is 14.1. The van der Waals surface area contributed by atoms with Gasteiger partial charge < -0.3 is 5.73 Å². The molecule has 0 heterocycles. The van der Waals surface area contributed by atoms with E-state index in [0.29, 0.717) is 11.4 Å². The molecule has 0 fully saturated rings. The number of hydrogen-bond acceptors (Lipinski definition) is 1. The summed E-state index contributed by atoms with van der Waals surface area (Å²) in [6.07, 6.45) is 0.509. The Bertz CT molecular complexity index is 785. The highest BCUT2D eigenvalue weighted by atomic mass is 35.5. The van der Waals surface area contributed by atoms with Gasteiger partial charge >= 0.3 is 0 Å². The Balaban J connectivity index is 1.89. The van der Waals surface area contributed by atoms with Crippen LogP contribution in [0.5, 0.6) is 0 Å². The van der Waals surface area contributed by atoms with E-state index in [0.717, 1.165) is 16.5 Å². The Kier molecular flexibility index (Phi) is 3.91. The molecule has 1 unspecified atom stereocenters. The summed E-state index contributed by atoms with van der Waals surface area (Å²) in [5.74, 6) is -0.292. The molecule has 1 atom stereocenters. The summed E-state index contributed by atoms with van der Waals surface area (Å²) >= 11 is 6.10. The predicted molar refractivity (Wildman–Crippen MR) is 86.0 cm³/mol. The van der Waals surface area contributed by atoms with Crippen molar-refractivity contribution >= 4 is 22.4 Å². The van der Waals surface area contributed by atoms with E-state index >= 15 is 0 Å². The maximum Gasteiger partial charge on any atom is 0.123 e. The van der Waals surface area contributed by atoms with Gasteiger partial charge in [0.25, 0.3) is 0 Å². The van der Waals surface area contributed by atoms with Crippen molar-refractivity contribution in [2.75, 3.05) is 0 Å². The quantitative estimate of drug-likeness (QED) is 0.733. The van der Waals surface area contributed by atoms with Crippen LogP contribution in [-0.2, 0) is 6.42 Å². The molecular weight excluding hydrogens is 285 g/mol. The van der Waals surface area contributed by atoms with Crippen LogP contribution < -0.4 is 5.73 Å². The lowest BCUT2D eigenvalue weighted by Crippen LogP contribution is -2.13. The van der Waals surface area contributed by atoms with Crippen molar-refractivity contribution in [3.05, 3.63) is 82.6 Å². The molecule has 2 N–H and O–H groups in total. The van der Waals surface area contributed by atoms with Gasteiger partial charge in [0.1, 0.15) is 5.82 Å². The second kappa shape index (κ2) is 5.84. The van der Waals surface area contributed by atoms with Crippen LogP contribution in [0.15, 0.2) is 60.7 Å². The molecule has 0 radical (unpaired) electrons. The van der Waals surface area contributed by atoms with Gasteiger partial charge in [-0.05, 0) is 52.6 Å². The zero-order chi connectivity index (χ0) is 14.8. The number of fused-ring (bicyclic) bond motifs is 1. The number of halogens is 2. The van der Waals surface area contributed by atoms with Crippen molar-refractivity contribution in [1.82, 2.24) is 0 Å². The van der Waals surface area contributed by atoms with E-state index in [4.69, 9.17) is 17.3 Å². The molecule has 0 amide bonds. The van der Waals surface area contributed by atoms with E-state index in [1.807, 2.05) is 18.2 Å². The third-order valence-corrected chi connectivity index (χ3v) is 4.02. The van der Waals surface area contributed by atoms with E-state index in [-0.39, 0.29) is 11.9 Å². The smallest absolute Gasteiger partial charge is 0.123 e. The van der Waals surface area contributed by atoms with E-state index < -0.39 is 0 Å². The highest BCUT2D eigenvalue weighted by Gasteiger charge is 2.11. The fourth-order valence-electron chi connectivity index (χ4n) is 2.49. The van der Waals surface area contributed by atoms with Crippen LogP contribution in [0, 0.1) is 5.82 Å². The standard InChI is InChI=1S/C18H15ClFN/c19-17-8-7-16(20)10-15(17)11-18(21)14-6-5-12-3-1-2-4-13(12)9-14/h1-10,18H,11,21H2. The highest BCUT2D eigenvalue weighted by molar-refractivity contribution is 6.31. The predicted octanol–water partition coefficient (Wildman–Crippen LogP) is 4.87. The molecule has 0 saturated carbocycles. The average Bonchev–Trinajstić information content (AvgIpc) is 2.50. The molecule has 0 aliphatic rings. The summed E-state index contributed by atoms with van der Waals surface area (Å²) in [5, 5.41) is 2.88. The Labute approximate surface area is 128 Å². The van der Waals surface area contributed by atoms with Gasteiger partial charge in [-0.1, -0.05) is 48.0 Å². The molecule has 3 aromatic carbocycles. The van der Waals surface area contributed by atoms with E-state index in [1.54, 1.807) is 6.07 Å². The number of hydrogen-bond donors (Lipinski definition) is 1. The van der Waals surface area contributed by atoms with Gasteiger partial charge in [-0.2, -0.15) is 0 Å². The van der Waals surface area contributed by atoms with E-state index in [1.165, 1.54) is 17.5 Å². The van der Waals surface area contributed by atoms with Gasteiger partial charge in [0.15, 0.2) is 0 Å². The van der Waals surface area contributed by atoms with Gasteiger partial charge in [0.05, 0.1) is 0 Å². The second-order valence-electron chi connectivity index (χ2n) is 5.15. The average molecular weight is 300 g/mol. The Morgan fingerprint density at radius 2 is 1.71 bits per heavy atom. The second-order valence-corrected chi connectivity index (χ2v) is 5.56. The Morgan fingerprint density at radius 3 is 2.52 bits per heavy atom. The van der Waals surface area contributed by atoms with Crippen LogP contribution in [0.25, 0.3) is 10.8 Å². The molecule has 0 aliphatic carbocycles. The third kappa shape index (κ3) is 3.07. The minimum Gasteiger partial charge on any atom is -0.324 e. The van der Waals surface area contributed by atoms with Crippen molar-refractivity contribution < 1.29 is 4.39 Å². The summed E-state index contributed by atoms with van der Waals surface area (Å²) in [7, 11) is 0. The first-order valence-corrected chi connectivity index (χ1v) is 7.19. The highest BCUT2D eigenvalue weighted by Crippen LogP contribution is 2.25. The summed E-state index contributed by atoms with van der Waals surface area (Å²) < 4.78 is 13.3. The molecule has 1 nitrogen and oxygen atoms in total.